The molecule has 3 atom stereocenters. The number of anilines is 1. The summed E-state index contributed by atoms with van der Waals surface area (Å²) in [5, 5.41) is 21.3. The highest BCUT2D eigenvalue weighted by Crippen LogP contribution is 2.37. The summed E-state index contributed by atoms with van der Waals surface area (Å²) in [7, 11) is 0. The van der Waals surface area contributed by atoms with Gasteiger partial charge >= 0.3 is 5.97 Å². The summed E-state index contributed by atoms with van der Waals surface area (Å²) in [5.41, 5.74) is 0.446. The first-order chi connectivity index (χ1) is 9.38. The van der Waals surface area contributed by atoms with E-state index < -0.39 is 17.8 Å². The molecule has 1 saturated carbocycles. The summed E-state index contributed by atoms with van der Waals surface area (Å²) in [4.78, 5) is 23.4. The molecule has 0 spiro atoms. The number of carbonyl (C=O) groups is 2. The molecule has 20 heavy (non-hydrogen) atoms. The van der Waals surface area contributed by atoms with Crippen LogP contribution in [0.15, 0.2) is 18.2 Å². The Bertz CT molecular complexity index is 546. The SMILES string of the molecule is CC1CC(C(=O)O)C(C(=O)Nc2ccc(O)c(Cl)c2)C1. The highest BCUT2D eigenvalue weighted by atomic mass is 35.5. The van der Waals surface area contributed by atoms with Crippen LogP contribution in [-0.4, -0.2) is 22.1 Å². The van der Waals surface area contributed by atoms with Gasteiger partial charge in [-0.15, -0.1) is 0 Å². The minimum Gasteiger partial charge on any atom is -0.506 e. The number of nitrogens with one attached hydrogen (secondary N) is 1. The third kappa shape index (κ3) is 3.04. The third-order valence-electron chi connectivity index (χ3n) is 3.67. The number of phenols is 1. The van der Waals surface area contributed by atoms with Crippen molar-refractivity contribution in [1.82, 2.24) is 0 Å². The van der Waals surface area contributed by atoms with Crippen molar-refractivity contribution >= 4 is 29.2 Å². The van der Waals surface area contributed by atoms with Crippen LogP contribution >= 0.6 is 11.6 Å². The van der Waals surface area contributed by atoms with E-state index in [-0.39, 0.29) is 22.6 Å². The van der Waals surface area contributed by atoms with Crippen LogP contribution in [0.5, 0.6) is 5.75 Å². The average molecular weight is 298 g/mol. The van der Waals surface area contributed by atoms with Gasteiger partial charge in [0.1, 0.15) is 5.75 Å². The molecule has 6 heteroatoms. The first kappa shape index (κ1) is 14.7. The summed E-state index contributed by atoms with van der Waals surface area (Å²) < 4.78 is 0. The van der Waals surface area contributed by atoms with Crippen molar-refractivity contribution in [2.75, 3.05) is 5.32 Å². The standard InChI is InChI=1S/C14H16ClNO4/c1-7-4-9(10(5-7)14(19)20)13(18)16-8-2-3-12(17)11(15)6-8/h2-3,6-7,9-10,17H,4-5H2,1H3,(H,16,18)(H,19,20). The molecular weight excluding hydrogens is 282 g/mol. The van der Waals surface area contributed by atoms with Gasteiger partial charge in [0.05, 0.1) is 16.9 Å². The van der Waals surface area contributed by atoms with Crippen LogP contribution < -0.4 is 5.32 Å². The van der Waals surface area contributed by atoms with E-state index in [0.29, 0.717) is 18.5 Å². The second kappa shape index (κ2) is 5.71. The van der Waals surface area contributed by atoms with E-state index in [9.17, 15) is 14.7 Å². The molecule has 108 valence electrons. The second-order valence-corrected chi connectivity index (χ2v) is 5.69. The fourth-order valence-electron chi connectivity index (χ4n) is 2.67. The minimum absolute atomic E-state index is 0.0671. The van der Waals surface area contributed by atoms with Gasteiger partial charge in [-0.3, -0.25) is 9.59 Å². The van der Waals surface area contributed by atoms with Gasteiger partial charge in [-0.2, -0.15) is 0 Å². The third-order valence-corrected chi connectivity index (χ3v) is 3.97. The number of rotatable bonds is 3. The number of aliphatic carboxylic acids is 1. The van der Waals surface area contributed by atoms with Crippen molar-refractivity contribution in [1.29, 1.82) is 0 Å². The van der Waals surface area contributed by atoms with Gasteiger partial charge in [0.2, 0.25) is 5.91 Å². The first-order valence-corrected chi connectivity index (χ1v) is 6.78. The van der Waals surface area contributed by atoms with Gasteiger partial charge in [-0.25, -0.2) is 0 Å². The van der Waals surface area contributed by atoms with E-state index >= 15 is 0 Å². The van der Waals surface area contributed by atoms with Crippen molar-refractivity contribution in [2.24, 2.45) is 17.8 Å². The van der Waals surface area contributed by atoms with Gasteiger partial charge in [0.15, 0.2) is 0 Å². The van der Waals surface area contributed by atoms with E-state index in [0.717, 1.165) is 0 Å². The number of benzene rings is 1. The number of carboxylic acids is 1. The summed E-state index contributed by atoms with van der Waals surface area (Å²) >= 11 is 5.76. The molecule has 5 nitrogen and oxygen atoms in total. The molecule has 1 aromatic rings. The van der Waals surface area contributed by atoms with E-state index in [1.165, 1.54) is 18.2 Å². The van der Waals surface area contributed by atoms with Gasteiger partial charge in [0, 0.05) is 5.69 Å². The average Bonchev–Trinajstić information content (AvgIpc) is 2.76. The predicted molar refractivity (Wildman–Crippen MR) is 74.8 cm³/mol. The normalized spacial score (nSPS) is 25.4. The van der Waals surface area contributed by atoms with Gasteiger partial charge < -0.3 is 15.5 Å². The molecular formula is C14H16ClNO4. The number of amides is 1. The number of hydrogen-bond acceptors (Lipinski definition) is 3. The molecule has 0 heterocycles. The largest absolute Gasteiger partial charge is 0.506 e. The lowest BCUT2D eigenvalue weighted by Gasteiger charge is -2.15. The summed E-state index contributed by atoms with van der Waals surface area (Å²) in [6, 6.07) is 4.33. The maximum absolute atomic E-state index is 12.2. The van der Waals surface area contributed by atoms with Crippen molar-refractivity contribution in [3.63, 3.8) is 0 Å². The zero-order chi connectivity index (χ0) is 14.9. The number of hydrogen-bond donors (Lipinski definition) is 3. The lowest BCUT2D eigenvalue weighted by Crippen LogP contribution is -2.29. The number of aromatic hydroxyl groups is 1. The molecule has 3 N–H and O–H groups in total. The molecule has 1 aliphatic rings. The molecule has 1 fully saturated rings. The van der Waals surface area contributed by atoms with Crippen LogP contribution in [0.4, 0.5) is 5.69 Å². The molecule has 0 saturated heterocycles. The molecule has 3 unspecified atom stereocenters. The lowest BCUT2D eigenvalue weighted by molar-refractivity contribution is -0.145. The highest BCUT2D eigenvalue weighted by molar-refractivity contribution is 6.32. The molecule has 0 aliphatic heterocycles. The lowest BCUT2D eigenvalue weighted by atomic mass is 9.95. The Hall–Kier alpha value is -1.75. The second-order valence-electron chi connectivity index (χ2n) is 5.28. The van der Waals surface area contributed by atoms with Crippen molar-refractivity contribution < 1.29 is 19.8 Å². The van der Waals surface area contributed by atoms with Crippen molar-refractivity contribution in [3.8, 4) is 5.75 Å². The Balaban J connectivity index is 2.11. The van der Waals surface area contributed by atoms with Crippen LogP contribution in [0.1, 0.15) is 19.8 Å². The number of phenolic OH excluding ortho intramolecular Hbond substituents is 1. The fraction of sp³-hybridized carbons (Fsp3) is 0.429. The van der Waals surface area contributed by atoms with E-state index in [1.54, 1.807) is 0 Å². The van der Waals surface area contributed by atoms with Crippen LogP contribution in [0.2, 0.25) is 5.02 Å². The molecule has 0 bridgehead atoms. The molecule has 0 aromatic heterocycles. The monoisotopic (exact) mass is 297 g/mol. The van der Waals surface area contributed by atoms with E-state index in [4.69, 9.17) is 16.7 Å². The first-order valence-electron chi connectivity index (χ1n) is 6.40. The van der Waals surface area contributed by atoms with Gasteiger partial charge in [-0.05, 0) is 37.0 Å². The summed E-state index contributed by atoms with van der Waals surface area (Å²) in [5.74, 6) is -2.27. The number of carboxylic acid groups (broad SMARTS) is 1. The number of carbonyl (C=O) groups excluding carboxylic acids is 1. The molecule has 1 aromatic carbocycles. The van der Waals surface area contributed by atoms with Crippen molar-refractivity contribution in [3.05, 3.63) is 23.2 Å². The molecule has 2 rings (SSSR count). The highest BCUT2D eigenvalue weighted by Gasteiger charge is 2.41. The molecule has 1 amide bonds. The van der Waals surface area contributed by atoms with Crippen LogP contribution in [0.25, 0.3) is 0 Å². The maximum Gasteiger partial charge on any atom is 0.307 e. The Morgan fingerprint density at radius 2 is 1.95 bits per heavy atom. The Kier molecular flexibility index (Phi) is 4.18. The van der Waals surface area contributed by atoms with Gasteiger partial charge in [0.25, 0.3) is 0 Å². The van der Waals surface area contributed by atoms with Crippen LogP contribution in [-0.2, 0) is 9.59 Å². The summed E-state index contributed by atoms with van der Waals surface area (Å²) in [6.45, 7) is 1.95. The Labute approximate surface area is 121 Å². The van der Waals surface area contributed by atoms with E-state index in [1.807, 2.05) is 6.92 Å². The maximum atomic E-state index is 12.2. The van der Waals surface area contributed by atoms with E-state index in [2.05, 4.69) is 5.32 Å². The Morgan fingerprint density at radius 1 is 1.30 bits per heavy atom. The number of halogens is 1. The quantitative estimate of drug-likeness (QED) is 0.749. The minimum atomic E-state index is -0.932. The molecule has 1 aliphatic carbocycles. The predicted octanol–water partition coefficient (Wildman–Crippen LogP) is 2.73. The fourth-order valence-corrected chi connectivity index (χ4v) is 2.85. The van der Waals surface area contributed by atoms with Gasteiger partial charge in [-0.1, -0.05) is 18.5 Å². The zero-order valence-electron chi connectivity index (χ0n) is 11.0. The molecule has 0 radical (unpaired) electrons. The van der Waals surface area contributed by atoms with Crippen LogP contribution in [0.3, 0.4) is 0 Å². The Morgan fingerprint density at radius 3 is 2.55 bits per heavy atom. The zero-order valence-corrected chi connectivity index (χ0v) is 11.7. The summed E-state index contributed by atoms with van der Waals surface area (Å²) in [6.07, 6.45) is 1.08. The topological polar surface area (TPSA) is 86.6 Å². The smallest absolute Gasteiger partial charge is 0.307 e. The van der Waals surface area contributed by atoms with Crippen LogP contribution in [0, 0.1) is 17.8 Å². The van der Waals surface area contributed by atoms with Crippen molar-refractivity contribution in [2.45, 2.75) is 19.8 Å².